The van der Waals surface area contributed by atoms with Crippen LogP contribution in [-0.2, 0) is 23.8 Å². The summed E-state index contributed by atoms with van der Waals surface area (Å²) in [5, 5.41) is 0. The number of hydrogen-bond donors (Lipinski definition) is 0. The zero-order valence-corrected chi connectivity index (χ0v) is 17.7. The van der Waals surface area contributed by atoms with Gasteiger partial charge in [-0.15, -0.1) is 0 Å². The van der Waals surface area contributed by atoms with Crippen molar-refractivity contribution < 1.29 is 38.1 Å². The maximum absolute atomic E-state index is 12.1. The molecule has 0 bridgehead atoms. The highest BCUT2D eigenvalue weighted by molar-refractivity contribution is 5.94. The van der Waals surface area contributed by atoms with Gasteiger partial charge in [0.25, 0.3) is 0 Å². The predicted octanol–water partition coefficient (Wildman–Crippen LogP) is 2.50. The van der Waals surface area contributed by atoms with Crippen molar-refractivity contribution in [1.29, 1.82) is 0 Å². The Labute approximate surface area is 179 Å². The first kappa shape index (κ1) is 25.1. The van der Waals surface area contributed by atoms with Gasteiger partial charge in [-0.05, 0) is 31.2 Å². The fraction of sp³-hybridized carbons (Fsp3) is 0.286. The molecule has 0 unspecified atom stereocenters. The van der Waals surface area contributed by atoms with Crippen LogP contribution >= 0.6 is 0 Å². The van der Waals surface area contributed by atoms with Gasteiger partial charge >= 0.3 is 24.0 Å². The van der Waals surface area contributed by atoms with Crippen molar-refractivity contribution in [2.75, 3.05) is 27.6 Å². The Bertz CT molecular complexity index is 887. The van der Waals surface area contributed by atoms with Gasteiger partial charge in [0.05, 0.1) is 5.57 Å². The molecular formula is C21H24N2O8. The summed E-state index contributed by atoms with van der Waals surface area (Å²) in [7, 11) is 3.09. The van der Waals surface area contributed by atoms with Crippen molar-refractivity contribution in [2.24, 2.45) is 4.99 Å². The van der Waals surface area contributed by atoms with Crippen LogP contribution in [0.2, 0.25) is 0 Å². The molecule has 0 spiro atoms. The molecule has 0 aliphatic heterocycles. The van der Waals surface area contributed by atoms with E-state index in [0.29, 0.717) is 0 Å². The Hall–Kier alpha value is -3.95. The van der Waals surface area contributed by atoms with Crippen LogP contribution in [0.25, 0.3) is 0 Å². The SMILES string of the molecule is C\C=C(/C=C\C=N\COC(=O)N(C)C)C(=O)OCOC(=O)c1ccccc1OC(C)=O. The van der Waals surface area contributed by atoms with Gasteiger partial charge in [0.1, 0.15) is 11.3 Å². The first-order valence-electron chi connectivity index (χ1n) is 9.04. The van der Waals surface area contributed by atoms with E-state index in [1.807, 2.05) is 0 Å². The molecule has 0 atom stereocenters. The minimum absolute atomic E-state index is 0.0195. The summed E-state index contributed by atoms with van der Waals surface area (Å²) in [5.74, 6) is -2.09. The van der Waals surface area contributed by atoms with Gasteiger partial charge < -0.3 is 23.8 Å². The van der Waals surface area contributed by atoms with Gasteiger partial charge in [0.15, 0.2) is 6.73 Å². The van der Waals surface area contributed by atoms with Gasteiger partial charge in [0, 0.05) is 27.2 Å². The van der Waals surface area contributed by atoms with E-state index < -0.39 is 30.8 Å². The van der Waals surface area contributed by atoms with Gasteiger partial charge in [-0.1, -0.05) is 18.2 Å². The van der Waals surface area contributed by atoms with E-state index in [4.69, 9.17) is 18.9 Å². The Kier molecular flexibility index (Phi) is 10.8. The lowest BCUT2D eigenvalue weighted by Gasteiger charge is -2.09. The molecule has 0 radical (unpaired) electrons. The van der Waals surface area contributed by atoms with E-state index in [9.17, 15) is 19.2 Å². The second-order valence-corrected chi connectivity index (χ2v) is 5.94. The second-order valence-electron chi connectivity index (χ2n) is 5.94. The van der Waals surface area contributed by atoms with E-state index in [0.717, 1.165) is 0 Å². The molecule has 1 aromatic carbocycles. The van der Waals surface area contributed by atoms with E-state index in [1.165, 1.54) is 48.4 Å². The maximum atomic E-state index is 12.1. The zero-order chi connectivity index (χ0) is 23.2. The van der Waals surface area contributed by atoms with Crippen molar-refractivity contribution in [3.63, 3.8) is 0 Å². The summed E-state index contributed by atoms with van der Waals surface area (Å²) < 4.78 is 19.6. The van der Waals surface area contributed by atoms with Gasteiger partial charge in [-0.3, -0.25) is 9.79 Å². The molecule has 0 fully saturated rings. The number of para-hydroxylation sites is 1. The van der Waals surface area contributed by atoms with Crippen molar-refractivity contribution in [3.05, 3.63) is 53.6 Å². The number of carbonyl (C=O) groups is 4. The van der Waals surface area contributed by atoms with Crippen molar-refractivity contribution in [3.8, 4) is 5.75 Å². The number of nitrogens with zero attached hydrogens (tertiary/aromatic N) is 2. The molecule has 1 amide bonds. The van der Waals surface area contributed by atoms with E-state index in [2.05, 4.69) is 4.99 Å². The monoisotopic (exact) mass is 432 g/mol. The summed E-state index contributed by atoms with van der Waals surface area (Å²) in [6.07, 6.45) is 5.21. The first-order valence-corrected chi connectivity index (χ1v) is 9.04. The highest BCUT2D eigenvalue weighted by Gasteiger charge is 2.16. The molecule has 0 saturated heterocycles. The third kappa shape index (κ3) is 9.39. The highest BCUT2D eigenvalue weighted by atomic mass is 16.7. The fourth-order valence-electron chi connectivity index (χ4n) is 1.93. The number of ether oxygens (including phenoxy) is 4. The Morgan fingerprint density at radius 3 is 2.42 bits per heavy atom. The topological polar surface area (TPSA) is 121 Å². The fourth-order valence-corrected chi connectivity index (χ4v) is 1.93. The lowest BCUT2D eigenvalue weighted by molar-refractivity contribution is -0.147. The molecule has 10 nitrogen and oxygen atoms in total. The molecule has 10 heteroatoms. The minimum Gasteiger partial charge on any atom is -0.426 e. The summed E-state index contributed by atoms with van der Waals surface area (Å²) in [6, 6.07) is 6.02. The van der Waals surface area contributed by atoms with Crippen LogP contribution in [0.3, 0.4) is 0 Å². The number of carbonyl (C=O) groups excluding carboxylic acids is 4. The molecule has 0 heterocycles. The van der Waals surface area contributed by atoms with Crippen LogP contribution in [0.4, 0.5) is 4.79 Å². The number of allylic oxidation sites excluding steroid dienone is 2. The lowest BCUT2D eigenvalue weighted by atomic mass is 10.2. The molecule has 0 N–H and O–H groups in total. The average Bonchev–Trinajstić information content (AvgIpc) is 2.72. The van der Waals surface area contributed by atoms with Crippen LogP contribution in [0.5, 0.6) is 5.75 Å². The summed E-state index contributed by atoms with van der Waals surface area (Å²) >= 11 is 0. The molecule has 166 valence electrons. The maximum Gasteiger partial charge on any atom is 0.411 e. The molecule has 1 rings (SSSR count). The number of hydrogen-bond acceptors (Lipinski definition) is 9. The molecule has 0 aliphatic rings. The van der Waals surface area contributed by atoms with Crippen LogP contribution in [0.15, 0.2) is 53.1 Å². The molecule has 0 aromatic heterocycles. The molecule has 1 aromatic rings. The van der Waals surface area contributed by atoms with Crippen LogP contribution in [-0.4, -0.2) is 62.7 Å². The van der Waals surface area contributed by atoms with Crippen LogP contribution in [0, 0.1) is 0 Å². The van der Waals surface area contributed by atoms with Gasteiger partial charge in [0.2, 0.25) is 6.79 Å². The number of amides is 1. The predicted molar refractivity (Wildman–Crippen MR) is 111 cm³/mol. The normalized spacial score (nSPS) is 11.3. The van der Waals surface area contributed by atoms with Crippen LogP contribution in [0.1, 0.15) is 24.2 Å². The zero-order valence-electron chi connectivity index (χ0n) is 17.7. The number of rotatable bonds is 9. The summed E-state index contributed by atoms with van der Waals surface area (Å²) in [4.78, 5) is 51.6. The molecule has 0 aliphatic carbocycles. The number of aliphatic imine (C=N–C) groups is 1. The van der Waals surface area contributed by atoms with E-state index >= 15 is 0 Å². The summed E-state index contributed by atoms with van der Waals surface area (Å²) in [6.45, 7) is 2.03. The van der Waals surface area contributed by atoms with Crippen molar-refractivity contribution >= 4 is 30.2 Å². The lowest BCUT2D eigenvalue weighted by Crippen LogP contribution is -2.22. The molecule has 0 saturated carbocycles. The standard InChI is InChI=1S/C21H24N2O8/c1-5-16(9-8-12-22-13-28-21(27)23(3)4)19(25)29-14-30-20(26)17-10-6-7-11-18(17)31-15(2)24/h5-12H,13-14H2,1-4H3/b9-8-,16-5+,22-12+. The Morgan fingerprint density at radius 1 is 1.06 bits per heavy atom. The van der Waals surface area contributed by atoms with Crippen molar-refractivity contribution in [2.45, 2.75) is 13.8 Å². The number of benzene rings is 1. The number of esters is 3. The Morgan fingerprint density at radius 2 is 1.77 bits per heavy atom. The minimum atomic E-state index is -0.818. The molecular weight excluding hydrogens is 408 g/mol. The van der Waals surface area contributed by atoms with E-state index in [-0.39, 0.29) is 23.6 Å². The highest BCUT2D eigenvalue weighted by Crippen LogP contribution is 2.19. The largest absolute Gasteiger partial charge is 0.426 e. The van der Waals surface area contributed by atoms with Gasteiger partial charge in [-0.2, -0.15) is 0 Å². The van der Waals surface area contributed by atoms with Crippen LogP contribution < -0.4 is 4.74 Å². The average molecular weight is 432 g/mol. The third-order valence-corrected chi connectivity index (χ3v) is 3.38. The first-order chi connectivity index (χ1) is 14.8. The quantitative estimate of drug-likeness (QED) is 0.146. The molecule has 31 heavy (non-hydrogen) atoms. The Balaban J connectivity index is 2.51. The second kappa shape index (κ2) is 13.3. The smallest absolute Gasteiger partial charge is 0.411 e. The van der Waals surface area contributed by atoms with E-state index in [1.54, 1.807) is 33.2 Å². The van der Waals surface area contributed by atoms with Gasteiger partial charge in [-0.25, -0.2) is 14.4 Å². The third-order valence-electron chi connectivity index (χ3n) is 3.38. The summed E-state index contributed by atoms with van der Waals surface area (Å²) in [5.41, 5.74) is 0.208. The van der Waals surface area contributed by atoms with Crippen molar-refractivity contribution in [1.82, 2.24) is 4.90 Å².